The summed E-state index contributed by atoms with van der Waals surface area (Å²) in [7, 11) is 2.76. The van der Waals surface area contributed by atoms with Gasteiger partial charge >= 0.3 is 5.69 Å². The predicted molar refractivity (Wildman–Crippen MR) is 92.4 cm³/mol. The Morgan fingerprint density at radius 1 is 1.20 bits per heavy atom. The Kier molecular flexibility index (Phi) is 4.32. The van der Waals surface area contributed by atoms with Crippen LogP contribution in [0.5, 0.6) is 0 Å². The maximum absolute atomic E-state index is 13.0. The lowest BCUT2D eigenvalue weighted by Gasteiger charge is -2.06. The first-order valence-electron chi connectivity index (χ1n) is 7.16. The fourth-order valence-electron chi connectivity index (χ4n) is 2.21. The minimum atomic E-state index is -0.684. The second kappa shape index (κ2) is 6.44. The van der Waals surface area contributed by atoms with Crippen molar-refractivity contribution in [2.45, 2.75) is 0 Å². The highest BCUT2D eigenvalue weighted by Crippen LogP contribution is 2.25. The quantitative estimate of drug-likeness (QED) is 0.769. The van der Waals surface area contributed by atoms with Crippen molar-refractivity contribution in [2.24, 2.45) is 14.1 Å². The first kappa shape index (κ1) is 16.8. The van der Waals surface area contributed by atoms with E-state index in [0.29, 0.717) is 16.4 Å². The minimum absolute atomic E-state index is 0.164. The molecule has 0 unspecified atom stereocenters. The summed E-state index contributed by atoms with van der Waals surface area (Å²) >= 11 is 1.17. The number of thiazole rings is 1. The fraction of sp³-hybridized carbons (Fsp3) is 0.125. The lowest BCUT2D eigenvalue weighted by Crippen LogP contribution is -2.40. The van der Waals surface area contributed by atoms with Crippen molar-refractivity contribution >= 4 is 22.4 Å². The van der Waals surface area contributed by atoms with Gasteiger partial charge in [-0.05, 0) is 24.3 Å². The van der Waals surface area contributed by atoms with Gasteiger partial charge in [-0.25, -0.2) is 14.2 Å². The van der Waals surface area contributed by atoms with Gasteiger partial charge in [-0.2, -0.15) is 0 Å². The maximum atomic E-state index is 13.0. The van der Waals surface area contributed by atoms with E-state index in [-0.39, 0.29) is 11.4 Å². The van der Waals surface area contributed by atoms with E-state index >= 15 is 0 Å². The number of rotatable bonds is 3. The van der Waals surface area contributed by atoms with Gasteiger partial charge in [-0.1, -0.05) is 0 Å². The Labute approximate surface area is 145 Å². The number of hydrogen-bond donors (Lipinski definition) is 1. The molecule has 0 radical (unpaired) electrons. The zero-order valence-electron chi connectivity index (χ0n) is 13.3. The first-order chi connectivity index (χ1) is 11.9. The monoisotopic (exact) mass is 360 g/mol. The van der Waals surface area contributed by atoms with Crippen LogP contribution in [0.3, 0.4) is 0 Å². The molecule has 0 bridgehead atoms. The van der Waals surface area contributed by atoms with Gasteiger partial charge in [-0.15, -0.1) is 11.3 Å². The zero-order valence-corrected chi connectivity index (χ0v) is 14.1. The molecule has 0 aliphatic carbocycles. The first-order valence-corrected chi connectivity index (χ1v) is 8.04. The van der Waals surface area contributed by atoms with Crippen LogP contribution in [-0.4, -0.2) is 20.0 Å². The van der Waals surface area contributed by atoms with E-state index in [2.05, 4.69) is 10.3 Å². The molecule has 9 heteroatoms. The molecule has 0 saturated carbocycles. The normalized spacial score (nSPS) is 10.7. The predicted octanol–water partition coefficient (Wildman–Crippen LogP) is 1.60. The summed E-state index contributed by atoms with van der Waals surface area (Å²) < 4.78 is 15.0. The van der Waals surface area contributed by atoms with Gasteiger partial charge in [0.05, 0.1) is 5.69 Å². The van der Waals surface area contributed by atoms with Gasteiger partial charge in [-0.3, -0.25) is 19.5 Å². The van der Waals surface area contributed by atoms with Gasteiger partial charge in [0.15, 0.2) is 5.13 Å². The number of halogens is 1. The molecule has 3 aromatic rings. The van der Waals surface area contributed by atoms with E-state index in [1.54, 1.807) is 17.5 Å². The number of aromatic nitrogens is 3. The van der Waals surface area contributed by atoms with Crippen molar-refractivity contribution in [2.75, 3.05) is 5.32 Å². The molecule has 1 amide bonds. The van der Waals surface area contributed by atoms with Crippen LogP contribution in [0.2, 0.25) is 0 Å². The number of nitrogens with one attached hydrogen (secondary N) is 1. The SMILES string of the molecule is Cn1cc(C(=O)Nc2nc(-c3ccc(F)cc3)cs2)c(=O)n(C)c1=O. The summed E-state index contributed by atoms with van der Waals surface area (Å²) in [4.78, 5) is 40.3. The molecule has 0 atom stereocenters. The van der Waals surface area contributed by atoms with Crippen molar-refractivity contribution in [3.63, 3.8) is 0 Å². The van der Waals surface area contributed by atoms with Gasteiger partial charge in [0.1, 0.15) is 11.4 Å². The Bertz CT molecular complexity index is 1070. The highest BCUT2D eigenvalue weighted by molar-refractivity contribution is 7.14. The molecular weight excluding hydrogens is 347 g/mol. The molecule has 128 valence electrons. The third kappa shape index (κ3) is 3.26. The molecule has 0 fully saturated rings. The van der Waals surface area contributed by atoms with Crippen molar-refractivity contribution < 1.29 is 9.18 Å². The van der Waals surface area contributed by atoms with E-state index in [4.69, 9.17) is 0 Å². The van der Waals surface area contributed by atoms with Gasteiger partial charge in [0.2, 0.25) is 0 Å². The second-order valence-electron chi connectivity index (χ2n) is 5.30. The molecule has 0 aliphatic rings. The maximum Gasteiger partial charge on any atom is 0.330 e. The average Bonchev–Trinajstić information content (AvgIpc) is 3.05. The number of hydrogen-bond acceptors (Lipinski definition) is 5. The Balaban J connectivity index is 1.86. The number of benzene rings is 1. The summed E-state index contributed by atoms with van der Waals surface area (Å²) in [6, 6.07) is 5.81. The molecule has 1 aromatic carbocycles. The highest BCUT2D eigenvalue weighted by atomic mass is 32.1. The van der Waals surface area contributed by atoms with Crippen molar-refractivity contribution in [1.29, 1.82) is 0 Å². The number of carbonyl (C=O) groups excluding carboxylic acids is 1. The molecule has 3 rings (SSSR count). The number of aryl methyl sites for hydroxylation is 1. The smallest absolute Gasteiger partial charge is 0.303 e. The zero-order chi connectivity index (χ0) is 18.1. The third-order valence-electron chi connectivity index (χ3n) is 3.56. The average molecular weight is 360 g/mol. The van der Waals surface area contributed by atoms with Crippen LogP contribution in [0.15, 0.2) is 45.4 Å². The molecule has 2 aromatic heterocycles. The Morgan fingerprint density at radius 3 is 2.56 bits per heavy atom. The van der Waals surface area contributed by atoms with Crippen LogP contribution in [0.25, 0.3) is 11.3 Å². The number of carbonyl (C=O) groups is 1. The van der Waals surface area contributed by atoms with Crippen molar-refractivity contribution in [3.8, 4) is 11.3 Å². The summed E-state index contributed by atoms with van der Waals surface area (Å²) in [5, 5.41) is 4.54. The number of anilines is 1. The summed E-state index contributed by atoms with van der Waals surface area (Å²) in [5.74, 6) is -1.01. The molecule has 0 saturated heterocycles. The lowest BCUT2D eigenvalue weighted by molar-refractivity contribution is 0.102. The van der Waals surface area contributed by atoms with Crippen LogP contribution in [-0.2, 0) is 14.1 Å². The van der Waals surface area contributed by atoms with Crippen molar-refractivity contribution in [3.05, 3.63) is 68.1 Å². The summed E-state index contributed by atoms with van der Waals surface area (Å²) in [5.41, 5.74) is -0.0849. The van der Waals surface area contributed by atoms with E-state index in [9.17, 15) is 18.8 Å². The molecule has 0 spiro atoms. The second-order valence-corrected chi connectivity index (χ2v) is 6.16. The molecule has 7 nitrogen and oxygen atoms in total. The standard InChI is InChI=1S/C16H13FN4O3S/c1-20-7-11(14(23)21(2)16(20)24)13(22)19-15-18-12(8-25-15)9-3-5-10(17)6-4-9/h3-8H,1-2H3,(H,18,19,22). The molecule has 1 N–H and O–H groups in total. The molecule has 0 aliphatic heterocycles. The number of nitrogens with zero attached hydrogens (tertiary/aromatic N) is 3. The van der Waals surface area contributed by atoms with Crippen LogP contribution in [0.4, 0.5) is 9.52 Å². The largest absolute Gasteiger partial charge is 0.330 e. The Morgan fingerprint density at radius 2 is 1.88 bits per heavy atom. The molecule has 2 heterocycles. The van der Waals surface area contributed by atoms with E-state index in [0.717, 1.165) is 9.13 Å². The van der Waals surface area contributed by atoms with Crippen molar-refractivity contribution in [1.82, 2.24) is 14.1 Å². The van der Waals surface area contributed by atoms with Crippen LogP contribution in [0.1, 0.15) is 10.4 Å². The molecular formula is C16H13FN4O3S. The van der Waals surface area contributed by atoms with Crippen LogP contribution < -0.4 is 16.6 Å². The van der Waals surface area contributed by atoms with E-state index in [1.807, 2.05) is 0 Å². The van der Waals surface area contributed by atoms with Gasteiger partial charge in [0, 0.05) is 31.2 Å². The third-order valence-corrected chi connectivity index (χ3v) is 4.31. The lowest BCUT2D eigenvalue weighted by atomic mass is 10.2. The summed E-state index contributed by atoms with van der Waals surface area (Å²) in [6.07, 6.45) is 1.19. The van der Waals surface area contributed by atoms with Gasteiger partial charge < -0.3 is 4.57 Å². The minimum Gasteiger partial charge on any atom is -0.303 e. The fourth-order valence-corrected chi connectivity index (χ4v) is 2.93. The highest BCUT2D eigenvalue weighted by Gasteiger charge is 2.16. The van der Waals surface area contributed by atoms with E-state index in [1.165, 1.54) is 43.8 Å². The van der Waals surface area contributed by atoms with Gasteiger partial charge in [0.25, 0.3) is 11.5 Å². The molecule has 25 heavy (non-hydrogen) atoms. The topological polar surface area (TPSA) is 86.0 Å². The van der Waals surface area contributed by atoms with Crippen LogP contribution >= 0.6 is 11.3 Å². The van der Waals surface area contributed by atoms with E-state index < -0.39 is 17.2 Å². The summed E-state index contributed by atoms with van der Waals surface area (Å²) in [6.45, 7) is 0. The van der Waals surface area contributed by atoms with Crippen LogP contribution in [0, 0.1) is 5.82 Å². The Hall–Kier alpha value is -3.07. The number of amides is 1.